The Morgan fingerprint density at radius 1 is 1.12 bits per heavy atom. The Labute approximate surface area is 187 Å². The van der Waals surface area contributed by atoms with Gasteiger partial charge in [-0.2, -0.15) is 0 Å². The third kappa shape index (κ3) is 4.84. The Bertz CT molecular complexity index is 1220. The van der Waals surface area contributed by atoms with E-state index in [1.54, 1.807) is 36.4 Å². The van der Waals surface area contributed by atoms with Crippen molar-refractivity contribution in [1.82, 2.24) is 0 Å². The van der Waals surface area contributed by atoms with Crippen LogP contribution in [0.3, 0.4) is 0 Å². The number of thiophene rings is 1. The van der Waals surface area contributed by atoms with E-state index >= 15 is 0 Å². The quantitative estimate of drug-likeness (QED) is 0.208. The molecule has 9 heteroatoms. The molecule has 162 valence electrons. The zero-order valence-corrected chi connectivity index (χ0v) is 17.8. The van der Waals surface area contributed by atoms with E-state index in [0.29, 0.717) is 29.2 Å². The molecule has 0 unspecified atom stereocenters. The van der Waals surface area contributed by atoms with Crippen molar-refractivity contribution in [1.29, 1.82) is 0 Å². The Hall–Kier alpha value is -3.98. The molecule has 8 nitrogen and oxygen atoms in total. The zero-order valence-electron chi connectivity index (χ0n) is 17.0. The number of cyclic esters (lactones) is 1. The monoisotopic (exact) mass is 450 g/mol. The van der Waals surface area contributed by atoms with Gasteiger partial charge >= 0.3 is 5.97 Å². The zero-order chi connectivity index (χ0) is 22.5. The molecule has 4 rings (SSSR count). The van der Waals surface area contributed by atoms with Crippen LogP contribution in [0, 0.1) is 10.1 Å². The number of ether oxygens (including phenoxy) is 3. The fourth-order valence-corrected chi connectivity index (χ4v) is 3.64. The molecule has 0 amide bonds. The molecule has 0 radical (unpaired) electrons. The summed E-state index contributed by atoms with van der Waals surface area (Å²) in [5.74, 6) is 0.744. The van der Waals surface area contributed by atoms with E-state index in [0.717, 1.165) is 4.88 Å². The standard InChI is InChI=1S/C23H18N2O6S/c1-2-29-20-13-15(12-18-23(26)31-22(24-18)21-7-4-10-32-21)8-9-19(20)30-14-16-5-3-6-17(11-16)25(27)28/h3-13H,2,14H2,1H3/b18-12+. The second-order valence-electron chi connectivity index (χ2n) is 6.67. The van der Waals surface area contributed by atoms with Gasteiger partial charge in [-0.15, -0.1) is 11.3 Å². The lowest BCUT2D eigenvalue weighted by Gasteiger charge is -2.13. The largest absolute Gasteiger partial charge is 0.490 e. The van der Waals surface area contributed by atoms with E-state index in [-0.39, 0.29) is 23.9 Å². The minimum Gasteiger partial charge on any atom is -0.490 e. The first-order valence-corrected chi connectivity index (χ1v) is 10.6. The maximum absolute atomic E-state index is 12.2. The minimum absolute atomic E-state index is 0.00373. The fraction of sp³-hybridized carbons (Fsp3) is 0.130. The van der Waals surface area contributed by atoms with Crippen molar-refractivity contribution in [3.8, 4) is 11.5 Å². The number of non-ortho nitro benzene ring substituents is 1. The summed E-state index contributed by atoms with van der Waals surface area (Å²) in [6, 6.07) is 15.2. The Morgan fingerprint density at radius 3 is 2.75 bits per heavy atom. The van der Waals surface area contributed by atoms with Crippen LogP contribution in [-0.2, 0) is 16.1 Å². The van der Waals surface area contributed by atoms with Gasteiger partial charge in [0.15, 0.2) is 17.2 Å². The van der Waals surface area contributed by atoms with Gasteiger partial charge in [-0.1, -0.05) is 24.3 Å². The number of hydrogen-bond donors (Lipinski definition) is 0. The van der Waals surface area contributed by atoms with Gasteiger partial charge in [0.05, 0.1) is 16.4 Å². The SMILES string of the molecule is CCOc1cc(/C=C2/N=C(c3cccs3)OC2=O)ccc1OCc1cccc([N+](=O)[O-])c1. The number of rotatable bonds is 8. The molecule has 32 heavy (non-hydrogen) atoms. The predicted molar refractivity (Wildman–Crippen MR) is 120 cm³/mol. The van der Waals surface area contributed by atoms with Crippen molar-refractivity contribution >= 4 is 35.0 Å². The van der Waals surface area contributed by atoms with Crippen molar-refractivity contribution in [2.75, 3.05) is 6.61 Å². The first kappa shape index (κ1) is 21.3. The van der Waals surface area contributed by atoms with Gasteiger partial charge < -0.3 is 14.2 Å². The van der Waals surface area contributed by atoms with Crippen LogP contribution in [0.4, 0.5) is 5.69 Å². The highest BCUT2D eigenvalue weighted by Gasteiger charge is 2.24. The van der Waals surface area contributed by atoms with Crippen LogP contribution in [-0.4, -0.2) is 23.4 Å². The second kappa shape index (κ2) is 9.44. The average molecular weight is 450 g/mol. The van der Waals surface area contributed by atoms with Crippen molar-refractivity contribution in [2.45, 2.75) is 13.5 Å². The van der Waals surface area contributed by atoms with Gasteiger partial charge in [0, 0.05) is 12.1 Å². The molecule has 2 heterocycles. The minimum atomic E-state index is -0.516. The number of esters is 1. The second-order valence-corrected chi connectivity index (χ2v) is 7.62. The van der Waals surface area contributed by atoms with Gasteiger partial charge in [-0.05, 0) is 47.7 Å². The van der Waals surface area contributed by atoms with Crippen LogP contribution >= 0.6 is 11.3 Å². The molecule has 0 saturated heterocycles. The maximum atomic E-state index is 12.2. The van der Waals surface area contributed by atoms with Gasteiger partial charge in [0.25, 0.3) is 5.69 Å². The lowest BCUT2D eigenvalue weighted by Crippen LogP contribution is -2.03. The fourth-order valence-electron chi connectivity index (χ4n) is 3.00. The van der Waals surface area contributed by atoms with Crippen LogP contribution in [0.1, 0.15) is 22.9 Å². The first-order valence-electron chi connectivity index (χ1n) is 9.73. The highest BCUT2D eigenvalue weighted by Crippen LogP contribution is 2.31. The van der Waals surface area contributed by atoms with Crippen molar-refractivity contribution in [3.05, 3.63) is 91.8 Å². The molecule has 0 atom stereocenters. The smallest absolute Gasteiger partial charge is 0.363 e. The Kier molecular flexibility index (Phi) is 6.27. The molecule has 0 saturated carbocycles. The van der Waals surface area contributed by atoms with Crippen LogP contribution in [0.2, 0.25) is 0 Å². The number of aliphatic imine (C=N–C) groups is 1. The van der Waals surface area contributed by atoms with E-state index in [9.17, 15) is 14.9 Å². The molecule has 2 aromatic carbocycles. The predicted octanol–water partition coefficient (Wildman–Crippen LogP) is 4.98. The number of nitro benzene ring substituents is 1. The van der Waals surface area contributed by atoms with Gasteiger partial charge in [0.1, 0.15) is 6.61 Å². The molecule has 0 fully saturated rings. The van der Waals surface area contributed by atoms with Crippen LogP contribution in [0.25, 0.3) is 6.08 Å². The molecule has 0 aliphatic carbocycles. The summed E-state index contributed by atoms with van der Waals surface area (Å²) in [4.78, 5) is 27.8. The molecule has 0 spiro atoms. The average Bonchev–Trinajstić information content (AvgIpc) is 3.44. The number of carbonyl (C=O) groups excluding carboxylic acids is 1. The maximum Gasteiger partial charge on any atom is 0.363 e. The summed E-state index contributed by atoms with van der Waals surface area (Å²) in [6.07, 6.45) is 1.62. The van der Waals surface area contributed by atoms with E-state index < -0.39 is 10.9 Å². The van der Waals surface area contributed by atoms with Crippen LogP contribution in [0.15, 0.2) is 70.7 Å². The molecular formula is C23H18N2O6S. The van der Waals surface area contributed by atoms with Crippen molar-refractivity contribution < 1.29 is 23.9 Å². The van der Waals surface area contributed by atoms with Crippen molar-refractivity contribution in [3.63, 3.8) is 0 Å². The summed E-state index contributed by atoms with van der Waals surface area (Å²) < 4.78 is 16.8. The number of nitro groups is 1. The van der Waals surface area contributed by atoms with Gasteiger partial charge in [0.2, 0.25) is 5.90 Å². The normalized spacial score (nSPS) is 14.2. The number of hydrogen-bond acceptors (Lipinski definition) is 8. The van der Waals surface area contributed by atoms with E-state index in [1.807, 2.05) is 24.4 Å². The molecule has 0 N–H and O–H groups in total. The van der Waals surface area contributed by atoms with E-state index in [1.165, 1.54) is 23.5 Å². The first-order chi connectivity index (χ1) is 15.5. The topological polar surface area (TPSA) is 100 Å². The number of nitrogens with zero attached hydrogens (tertiary/aromatic N) is 2. The van der Waals surface area contributed by atoms with Crippen LogP contribution in [0.5, 0.6) is 11.5 Å². The summed E-state index contributed by atoms with van der Waals surface area (Å²) in [5, 5.41) is 12.8. The molecule has 3 aromatic rings. The summed E-state index contributed by atoms with van der Waals surface area (Å²) >= 11 is 1.44. The lowest BCUT2D eigenvalue weighted by molar-refractivity contribution is -0.384. The Balaban J connectivity index is 1.54. The number of benzene rings is 2. The molecule has 0 bridgehead atoms. The number of carbonyl (C=O) groups is 1. The summed E-state index contributed by atoms with van der Waals surface area (Å²) in [5.41, 5.74) is 1.56. The summed E-state index contributed by atoms with van der Waals surface area (Å²) in [6.45, 7) is 2.40. The van der Waals surface area contributed by atoms with Gasteiger partial charge in [-0.3, -0.25) is 10.1 Å². The molecule has 1 aliphatic heterocycles. The van der Waals surface area contributed by atoms with Gasteiger partial charge in [-0.25, -0.2) is 9.79 Å². The van der Waals surface area contributed by atoms with E-state index in [4.69, 9.17) is 14.2 Å². The highest BCUT2D eigenvalue weighted by molar-refractivity contribution is 7.12. The third-order valence-electron chi connectivity index (χ3n) is 4.44. The summed E-state index contributed by atoms with van der Waals surface area (Å²) in [7, 11) is 0. The Morgan fingerprint density at radius 2 is 2.00 bits per heavy atom. The lowest BCUT2D eigenvalue weighted by atomic mass is 10.1. The van der Waals surface area contributed by atoms with Crippen molar-refractivity contribution in [2.24, 2.45) is 4.99 Å². The molecule has 1 aliphatic rings. The third-order valence-corrected chi connectivity index (χ3v) is 5.30. The molecule has 1 aromatic heterocycles. The van der Waals surface area contributed by atoms with E-state index in [2.05, 4.69) is 4.99 Å². The highest BCUT2D eigenvalue weighted by atomic mass is 32.1. The molecular weight excluding hydrogens is 432 g/mol. The van der Waals surface area contributed by atoms with Crippen LogP contribution < -0.4 is 9.47 Å².